The van der Waals surface area contributed by atoms with Crippen molar-refractivity contribution in [2.24, 2.45) is 50.2 Å². The maximum absolute atomic E-state index is 12.7. The van der Waals surface area contributed by atoms with E-state index in [2.05, 4.69) is 114 Å². The van der Waals surface area contributed by atoms with E-state index in [0.29, 0.717) is 25.5 Å². The van der Waals surface area contributed by atoms with Crippen molar-refractivity contribution in [3.63, 3.8) is 0 Å². The second-order valence-electron chi connectivity index (χ2n) is 22.9. The number of carbonyl (C=O) groups is 3. The molecule has 0 aliphatic carbocycles. The van der Waals surface area contributed by atoms with Gasteiger partial charge in [0.25, 0.3) is 0 Å². The van der Waals surface area contributed by atoms with Crippen LogP contribution in [-0.2, 0) is 19.1 Å². The molecule has 0 bridgehead atoms. The normalized spacial score (nSPS) is 16.6. The smallest absolute Gasteiger partial charge is 0.226 e. The molecular formula is C44H89N3O7. The van der Waals surface area contributed by atoms with Crippen LogP contribution in [0, 0.1) is 50.2 Å². The molecule has 1 saturated heterocycles. The van der Waals surface area contributed by atoms with Gasteiger partial charge < -0.3 is 35.6 Å². The third kappa shape index (κ3) is 22.7. The molecule has 1 aliphatic rings. The van der Waals surface area contributed by atoms with Gasteiger partial charge in [-0.25, -0.2) is 0 Å². The van der Waals surface area contributed by atoms with E-state index >= 15 is 0 Å². The Labute approximate surface area is 332 Å². The lowest BCUT2D eigenvalue weighted by atomic mass is 9.71. The summed E-state index contributed by atoms with van der Waals surface area (Å²) in [5.74, 6) is 0.153. The van der Waals surface area contributed by atoms with Crippen LogP contribution in [0.25, 0.3) is 0 Å². The van der Waals surface area contributed by atoms with Crippen LogP contribution in [0.4, 0.5) is 0 Å². The largest absolute Gasteiger partial charge is 0.394 e. The van der Waals surface area contributed by atoms with Gasteiger partial charge in [-0.2, -0.15) is 0 Å². The number of amides is 3. The molecule has 1 fully saturated rings. The van der Waals surface area contributed by atoms with Gasteiger partial charge in [-0.15, -0.1) is 0 Å². The number of hydrogen-bond donors (Lipinski definition) is 5. The standard InChI is InChI=1S/C15H31NO4.C15H29NO2.C14H29NO/c1-13(2,3)7-11(14(4,5)6)12(20)16-15(8-17,9-18)10-19;1-14(2,3)11-12(15(4,5)6)13(17)16-7-9-18-10-8-16;1-10(2)15-12(16)11(14(6,7)8)9-13(3,4)5/h11,17-19H,7-10H2,1-6H3,(H,16,20);12H,7-11H2,1-6H3;10-11H,9H2,1-8H3,(H,15,16). The lowest BCUT2D eigenvalue weighted by Crippen LogP contribution is -2.59. The first-order valence-corrected chi connectivity index (χ1v) is 20.3. The number of morpholine rings is 1. The van der Waals surface area contributed by atoms with Crippen LogP contribution in [0.5, 0.6) is 0 Å². The van der Waals surface area contributed by atoms with Gasteiger partial charge in [0.05, 0.1) is 33.0 Å². The lowest BCUT2D eigenvalue weighted by Gasteiger charge is -2.39. The summed E-state index contributed by atoms with van der Waals surface area (Å²) in [6.07, 6.45) is 2.54. The minimum Gasteiger partial charge on any atom is -0.394 e. The minimum atomic E-state index is -1.36. The highest BCUT2D eigenvalue weighted by Gasteiger charge is 2.40. The maximum atomic E-state index is 12.7. The average Bonchev–Trinajstić information content (AvgIpc) is 2.98. The number of rotatable bonds is 11. The van der Waals surface area contributed by atoms with Crippen LogP contribution in [0.1, 0.15) is 158 Å². The predicted molar refractivity (Wildman–Crippen MR) is 224 cm³/mol. The van der Waals surface area contributed by atoms with Crippen LogP contribution >= 0.6 is 0 Å². The van der Waals surface area contributed by atoms with Crippen molar-refractivity contribution < 1.29 is 34.4 Å². The second kappa shape index (κ2) is 21.7. The van der Waals surface area contributed by atoms with Crippen molar-refractivity contribution in [3.05, 3.63) is 0 Å². The number of nitrogens with zero attached hydrogens (tertiary/aromatic N) is 1. The van der Waals surface area contributed by atoms with Crippen molar-refractivity contribution in [3.8, 4) is 0 Å². The molecule has 3 amide bonds. The van der Waals surface area contributed by atoms with Gasteiger partial charge >= 0.3 is 0 Å². The molecule has 3 unspecified atom stereocenters. The van der Waals surface area contributed by atoms with E-state index in [1.807, 2.05) is 39.5 Å². The first-order valence-electron chi connectivity index (χ1n) is 20.3. The Balaban J connectivity index is 0. The summed E-state index contributed by atoms with van der Waals surface area (Å²) in [6, 6.07) is 0.220. The zero-order valence-corrected chi connectivity index (χ0v) is 38.8. The SMILES string of the molecule is CC(C)(C)CC(C(=O)N1CCOCC1)C(C)(C)C.CC(C)(C)CC(C(=O)NC(CO)(CO)CO)C(C)(C)C.CC(C)NC(=O)C(CC(C)(C)C)C(C)(C)C. The first kappa shape index (κ1) is 54.4. The molecule has 0 radical (unpaired) electrons. The molecule has 5 N–H and O–H groups in total. The Kier molecular flexibility index (Phi) is 21.8. The Morgan fingerprint density at radius 1 is 0.556 bits per heavy atom. The van der Waals surface area contributed by atoms with Crippen molar-refractivity contribution in [2.45, 2.75) is 169 Å². The fourth-order valence-electron chi connectivity index (χ4n) is 6.19. The highest BCUT2D eigenvalue weighted by atomic mass is 16.5. The highest BCUT2D eigenvalue weighted by Crippen LogP contribution is 2.39. The zero-order valence-electron chi connectivity index (χ0n) is 38.8. The molecule has 54 heavy (non-hydrogen) atoms. The number of nitrogens with one attached hydrogen (secondary N) is 2. The first-order chi connectivity index (χ1) is 23.9. The van der Waals surface area contributed by atoms with Crippen LogP contribution < -0.4 is 10.6 Å². The van der Waals surface area contributed by atoms with Gasteiger partial charge in [0, 0.05) is 36.9 Å². The Morgan fingerprint density at radius 2 is 0.870 bits per heavy atom. The molecule has 3 atom stereocenters. The van der Waals surface area contributed by atoms with Crippen LogP contribution in [0.3, 0.4) is 0 Å². The fourth-order valence-corrected chi connectivity index (χ4v) is 6.19. The van der Waals surface area contributed by atoms with E-state index in [1.54, 1.807) is 0 Å². The van der Waals surface area contributed by atoms with Crippen molar-refractivity contribution in [1.29, 1.82) is 0 Å². The zero-order chi connectivity index (χ0) is 43.3. The predicted octanol–water partition coefficient (Wildman–Crippen LogP) is 7.47. The van der Waals surface area contributed by atoms with Crippen molar-refractivity contribution in [2.75, 3.05) is 46.1 Å². The molecule has 0 aromatic carbocycles. The van der Waals surface area contributed by atoms with E-state index in [9.17, 15) is 29.7 Å². The molecule has 0 aromatic heterocycles. The monoisotopic (exact) mass is 772 g/mol. The average molecular weight is 772 g/mol. The fraction of sp³-hybridized carbons (Fsp3) is 0.932. The van der Waals surface area contributed by atoms with Gasteiger partial charge in [-0.3, -0.25) is 14.4 Å². The van der Waals surface area contributed by atoms with Crippen LogP contribution in [-0.4, -0.2) is 95.6 Å². The number of hydrogen-bond acceptors (Lipinski definition) is 7. The molecule has 1 aliphatic heterocycles. The second-order valence-corrected chi connectivity index (χ2v) is 22.9. The molecule has 1 heterocycles. The van der Waals surface area contributed by atoms with Crippen molar-refractivity contribution in [1.82, 2.24) is 15.5 Å². The van der Waals surface area contributed by atoms with Gasteiger partial charge in [-0.1, -0.05) is 125 Å². The van der Waals surface area contributed by atoms with E-state index in [0.717, 1.165) is 25.9 Å². The number of ether oxygens (including phenoxy) is 1. The topological polar surface area (TPSA) is 148 Å². The van der Waals surface area contributed by atoms with Gasteiger partial charge in [0.2, 0.25) is 17.7 Å². The molecule has 0 spiro atoms. The Hall–Kier alpha value is -1.75. The third-order valence-corrected chi connectivity index (χ3v) is 9.57. The number of aliphatic hydroxyl groups is 3. The molecule has 0 aromatic rings. The van der Waals surface area contributed by atoms with E-state index < -0.39 is 25.4 Å². The Morgan fingerprint density at radius 3 is 1.15 bits per heavy atom. The van der Waals surface area contributed by atoms with Crippen LogP contribution in [0.15, 0.2) is 0 Å². The minimum absolute atomic E-state index is 0.0165. The van der Waals surface area contributed by atoms with Gasteiger partial charge in [-0.05, 0) is 65.6 Å². The summed E-state index contributed by atoms with van der Waals surface area (Å²) in [4.78, 5) is 39.4. The molecule has 10 nitrogen and oxygen atoms in total. The molecule has 1 rings (SSSR count). The quantitative estimate of drug-likeness (QED) is 0.146. The maximum Gasteiger partial charge on any atom is 0.226 e. The van der Waals surface area contributed by atoms with E-state index in [1.165, 1.54) is 0 Å². The van der Waals surface area contributed by atoms with Gasteiger partial charge in [0.15, 0.2) is 0 Å². The van der Waals surface area contributed by atoms with Crippen LogP contribution in [0.2, 0.25) is 0 Å². The molecule has 0 saturated carbocycles. The summed E-state index contributed by atoms with van der Waals surface area (Å²) < 4.78 is 5.32. The molecule has 322 valence electrons. The molecule has 10 heteroatoms. The number of carbonyl (C=O) groups excluding carboxylic acids is 3. The van der Waals surface area contributed by atoms with E-state index in [4.69, 9.17) is 4.74 Å². The summed E-state index contributed by atoms with van der Waals surface area (Å²) in [7, 11) is 0. The summed E-state index contributed by atoms with van der Waals surface area (Å²) >= 11 is 0. The summed E-state index contributed by atoms with van der Waals surface area (Å²) in [6.45, 7) is 43.6. The van der Waals surface area contributed by atoms with Gasteiger partial charge in [0.1, 0.15) is 5.54 Å². The summed E-state index contributed by atoms with van der Waals surface area (Å²) in [5.41, 5.74) is -1.22. The highest BCUT2D eigenvalue weighted by molar-refractivity contribution is 5.81. The van der Waals surface area contributed by atoms with Crippen molar-refractivity contribution >= 4 is 17.7 Å². The number of aliphatic hydroxyl groups excluding tert-OH is 3. The molecular weight excluding hydrogens is 682 g/mol. The third-order valence-electron chi connectivity index (χ3n) is 9.57. The Bertz CT molecular complexity index is 1090. The van der Waals surface area contributed by atoms with E-state index in [-0.39, 0.29) is 68.1 Å². The lowest BCUT2D eigenvalue weighted by molar-refractivity contribution is -0.144. The summed E-state index contributed by atoms with van der Waals surface area (Å²) in [5, 5.41) is 33.6.